The molecule has 1 heterocycles. The fourth-order valence-corrected chi connectivity index (χ4v) is 3.78. The SMILES string of the molecule is CCCc1c(C(=O)O)c(CC(C)CCCC(C)(C)OC)nn1-c1ccc(F)c(Cl)c1. The van der Waals surface area contributed by atoms with Crippen LogP contribution in [0.4, 0.5) is 4.39 Å². The molecule has 1 unspecified atom stereocenters. The van der Waals surface area contributed by atoms with E-state index in [2.05, 4.69) is 25.9 Å². The number of halogens is 2. The lowest BCUT2D eigenvalue weighted by Crippen LogP contribution is -2.22. The van der Waals surface area contributed by atoms with Gasteiger partial charge < -0.3 is 9.84 Å². The van der Waals surface area contributed by atoms with Gasteiger partial charge in [-0.3, -0.25) is 0 Å². The Morgan fingerprint density at radius 1 is 1.40 bits per heavy atom. The summed E-state index contributed by atoms with van der Waals surface area (Å²) < 4.78 is 20.7. The Labute approximate surface area is 183 Å². The first-order valence-electron chi connectivity index (χ1n) is 10.4. The Balaban J connectivity index is 2.32. The summed E-state index contributed by atoms with van der Waals surface area (Å²) in [6.45, 7) is 8.22. The van der Waals surface area contributed by atoms with E-state index in [1.54, 1.807) is 17.9 Å². The highest BCUT2D eigenvalue weighted by atomic mass is 35.5. The third-order valence-electron chi connectivity index (χ3n) is 5.47. The minimum absolute atomic E-state index is 0.0157. The molecule has 0 spiro atoms. The summed E-state index contributed by atoms with van der Waals surface area (Å²) >= 11 is 5.95. The molecule has 0 aliphatic carbocycles. The van der Waals surface area contributed by atoms with Gasteiger partial charge in [-0.15, -0.1) is 0 Å². The van der Waals surface area contributed by atoms with Crippen LogP contribution in [0.1, 0.15) is 75.1 Å². The number of aromatic nitrogens is 2. The van der Waals surface area contributed by atoms with Crippen molar-refractivity contribution in [2.24, 2.45) is 5.92 Å². The second kappa shape index (κ2) is 10.4. The summed E-state index contributed by atoms with van der Waals surface area (Å²) in [5.74, 6) is -1.23. The first kappa shape index (κ1) is 24.4. The van der Waals surface area contributed by atoms with Crippen molar-refractivity contribution >= 4 is 17.6 Å². The fraction of sp³-hybridized carbons (Fsp3) is 0.565. The summed E-state index contributed by atoms with van der Waals surface area (Å²) in [6, 6.07) is 4.32. The van der Waals surface area contributed by atoms with Crippen LogP contribution in [-0.4, -0.2) is 33.6 Å². The number of hydrogen-bond acceptors (Lipinski definition) is 3. The number of nitrogens with zero attached hydrogens (tertiary/aromatic N) is 2. The van der Waals surface area contributed by atoms with E-state index in [0.29, 0.717) is 29.9 Å². The molecule has 0 radical (unpaired) electrons. The van der Waals surface area contributed by atoms with Crippen molar-refractivity contribution in [1.82, 2.24) is 9.78 Å². The van der Waals surface area contributed by atoms with Crippen LogP contribution in [-0.2, 0) is 17.6 Å². The van der Waals surface area contributed by atoms with E-state index in [4.69, 9.17) is 16.3 Å². The largest absolute Gasteiger partial charge is 0.478 e. The van der Waals surface area contributed by atoms with Crippen molar-refractivity contribution in [3.05, 3.63) is 46.0 Å². The maximum Gasteiger partial charge on any atom is 0.339 e. The predicted molar refractivity (Wildman–Crippen MR) is 117 cm³/mol. The van der Waals surface area contributed by atoms with Crippen LogP contribution in [0.25, 0.3) is 5.69 Å². The monoisotopic (exact) mass is 438 g/mol. The third-order valence-corrected chi connectivity index (χ3v) is 5.76. The normalized spacial score (nSPS) is 12.9. The minimum Gasteiger partial charge on any atom is -0.478 e. The van der Waals surface area contributed by atoms with E-state index in [1.165, 1.54) is 12.1 Å². The molecule has 1 aromatic carbocycles. The number of hydrogen-bond donors (Lipinski definition) is 1. The molecule has 0 aliphatic heterocycles. The average molecular weight is 439 g/mol. The minimum atomic E-state index is -0.986. The summed E-state index contributed by atoms with van der Waals surface area (Å²) in [5.41, 5.74) is 1.83. The highest BCUT2D eigenvalue weighted by Crippen LogP contribution is 2.27. The summed E-state index contributed by atoms with van der Waals surface area (Å²) in [5, 5.41) is 14.5. The van der Waals surface area contributed by atoms with Crippen LogP contribution in [0.5, 0.6) is 0 Å². The number of ether oxygens (including phenoxy) is 1. The maximum absolute atomic E-state index is 13.6. The standard InChI is InChI=1S/C23H32ClFN2O3/c1-6-8-20-21(22(28)29)19(13-15(2)9-7-12-23(3,4)30-5)26-27(20)16-10-11-18(25)17(24)14-16/h10-11,14-15H,6-9,12-13H2,1-5H3,(H,28,29). The molecular weight excluding hydrogens is 407 g/mol. The van der Waals surface area contributed by atoms with Crippen molar-refractivity contribution in [2.45, 2.75) is 71.8 Å². The van der Waals surface area contributed by atoms with Crippen molar-refractivity contribution in [3.63, 3.8) is 0 Å². The van der Waals surface area contributed by atoms with Gasteiger partial charge in [0.1, 0.15) is 11.4 Å². The summed E-state index contributed by atoms with van der Waals surface area (Å²) in [7, 11) is 1.71. The molecule has 0 fully saturated rings. The van der Waals surface area contributed by atoms with Gasteiger partial charge in [0.2, 0.25) is 0 Å². The number of benzene rings is 1. The topological polar surface area (TPSA) is 64.3 Å². The third kappa shape index (κ3) is 6.05. The molecule has 1 N–H and O–H groups in total. The van der Waals surface area contributed by atoms with Gasteiger partial charge in [-0.05, 0) is 57.2 Å². The molecule has 5 nitrogen and oxygen atoms in total. The Hall–Kier alpha value is -1.92. The van der Waals surface area contributed by atoms with Gasteiger partial charge in [-0.25, -0.2) is 13.9 Å². The predicted octanol–water partition coefficient (Wildman–Crippen LogP) is 6.09. The van der Waals surface area contributed by atoms with Crippen molar-refractivity contribution in [3.8, 4) is 5.69 Å². The van der Waals surface area contributed by atoms with E-state index >= 15 is 0 Å². The summed E-state index contributed by atoms with van der Waals surface area (Å²) in [6.07, 6.45) is 4.75. The number of methoxy groups -OCH3 is 1. The molecular formula is C23H32ClFN2O3. The molecule has 30 heavy (non-hydrogen) atoms. The quantitative estimate of drug-likeness (QED) is 0.461. The molecule has 0 saturated heterocycles. The highest BCUT2D eigenvalue weighted by Gasteiger charge is 2.25. The van der Waals surface area contributed by atoms with E-state index in [-0.39, 0.29) is 22.1 Å². The first-order valence-corrected chi connectivity index (χ1v) is 10.8. The zero-order valence-electron chi connectivity index (χ0n) is 18.5. The smallest absolute Gasteiger partial charge is 0.339 e. The highest BCUT2D eigenvalue weighted by molar-refractivity contribution is 6.30. The second-order valence-electron chi connectivity index (χ2n) is 8.50. The molecule has 2 aromatic rings. The van der Waals surface area contributed by atoms with Crippen molar-refractivity contribution in [2.75, 3.05) is 7.11 Å². The second-order valence-corrected chi connectivity index (χ2v) is 8.91. The van der Waals surface area contributed by atoms with Crippen LogP contribution in [0, 0.1) is 11.7 Å². The van der Waals surface area contributed by atoms with Crippen LogP contribution in [0.3, 0.4) is 0 Å². The zero-order chi connectivity index (χ0) is 22.5. The molecule has 2 rings (SSSR count). The summed E-state index contributed by atoms with van der Waals surface area (Å²) in [4.78, 5) is 12.1. The lowest BCUT2D eigenvalue weighted by molar-refractivity contribution is 0.0127. The number of carboxylic acid groups (broad SMARTS) is 1. The van der Waals surface area contributed by atoms with Crippen molar-refractivity contribution in [1.29, 1.82) is 0 Å². The number of aromatic carboxylic acids is 1. The Kier molecular flexibility index (Phi) is 8.44. The number of carbonyl (C=O) groups is 1. The van der Waals surface area contributed by atoms with Gasteiger partial charge in [0.05, 0.1) is 27.7 Å². The molecule has 0 bridgehead atoms. The van der Waals surface area contributed by atoms with E-state index in [1.807, 2.05) is 6.92 Å². The Morgan fingerprint density at radius 3 is 2.67 bits per heavy atom. The lowest BCUT2D eigenvalue weighted by Gasteiger charge is -2.23. The van der Waals surface area contributed by atoms with E-state index in [0.717, 1.165) is 25.7 Å². The fourth-order valence-electron chi connectivity index (χ4n) is 3.60. The molecule has 0 amide bonds. The van der Waals surface area contributed by atoms with Crippen LogP contribution < -0.4 is 0 Å². The Morgan fingerprint density at radius 2 is 2.10 bits per heavy atom. The van der Waals surface area contributed by atoms with E-state index in [9.17, 15) is 14.3 Å². The van der Waals surface area contributed by atoms with Gasteiger partial charge in [0.25, 0.3) is 0 Å². The van der Waals surface area contributed by atoms with Gasteiger partial charge in [0.15, 0.2) is 0 Å². The Bertz CT molecular complexity index is 880. The van der Waals surface area contributed by atoms with Crippen LogP contribution >= 0.6 is 11.6 Å². The van der Waals surface area contributed by atoms with Gasteiger partial charge in [-0.2, -0.15) is 5.10 Å². The van der Waals surface area contributed by atoms with E-state index < -0.39 is 11.8 Å². The molecule has 1 aromatic heterocycles. The van der Waals surface area contributed by atoms with Crippen LogP contribution in [0.2, 0.25) is 5.02 Å². The van der Waals surface area contributed by atoms with Crippen LogP contribution in [0.15, 0.2) is 18.2 Å². The molecule has 1 atom stereocenters. The molecule has 0 aliphatic rings. The molecule has 0 saturated carbocycles. The average Bonchev–Trinajstić information content (AvgIpc) is 3.02. The molecule has 7 heteroatoms. The lowest BCUT2D eigenvalue weighted by atomic mass is 9.93. The number of rotatable bonds is 11. The number of carboxylic acids is 1. The van der Waals surface area contributed by atoms with Crippen molar-refractivity contribution < 1.29 is 19.0 Å². The van der Waals surface area contributed by atoms with Gasteiger partial charge in [-0.1, -0.05) is 44.7 Å². The van der Waals surface area contributed by atoms with Gasteiger partial charge >= 0.3 is 5.97 Å². The van der Waals surface area contributed by atoms with Gasteiger partial charge in [0, 0.05) is 7.11 Å². The maximum atomic E-state index is 13.6. The zero-order valence-corrected chi connectivity index (χ0v) is 19.2. The first-order chi connectivity index (χ1) is 14.1. The molecule has 166 valence electrons.